The van der Waals surface area contributed by atoms with Crippen LogP contribution in [0.25, 0.3) is 0 Å². The summed E-state index contributed by atoms with van der Waals surface area (Å²) in [6, 6.07) is 9.86. The number of carbonyl (C=O) groups is 3. The standard InChI is InChI=1S/C24H22O6/c25-18-13-24(10-2-1-3-11-24)30-22-16(18)8-9-19-21(22)17(12-20(26)29-19)14-4-6-15(7-5-14)23(27)28/h4-9,17H,1-3,10-13H2,(H,27,28)/t17-/m1/s1. The van der Waals surface area contributed by atoms with Gasteiger partial charge in [-0.2, -0.15) is 0 Å². The third-order valence-corrected chi connectivity index (χ3v) is 6.53. The molecule has 6 nitrogen and oxygen atoms in total. The van der Waals surface area contributed by atoms with E-state index in [-0.39, 0.29) is 29.7 Å². The lowest BCUT2D eigenvalue weighted by molar-refractivity contribution is -0.135. The molecule has 0 unspecified atom stereocenters. The fraction of sp³-hybridized carbons (Fsp3) is 0.375. The molecular formula is C24H22O6. The minimum atomic E-state index is -1.00. The van der Waals surface area contributed by atoms with E-state index in [1.165, 1.54) is 12.1 Å². The third-order valence-electron chi connectivity index (χ3n) is 6.53. The lowest BCUT2D eigenvalue weighted by Gasteiger charge is -2.42. The minimum absolute atomic E-state index is 0.0674. The fourth-order valence-corrected chi connectivity index (χ4v) is 5.02. The Balaban J connectivity index is 1.63. The number of carboxylic acids is 1. The van der Waals surface area contributed by atoms with Crippen LogP contribution in [0.15, 0.2) is 36.4 Å². The molecule has 1 aliphatic carbocycles. The zero-order valence-electron chi connectivity index (χ0n) is 16.5. The summed E-state index contributed by atoms with van der Waals surface area (Å²) in [7, 11) is 0. The Morgan fingerprint density at radius 3 is 2.43 bits per heavy atom. The normalized spacial score (nSPS) is 21.9. The summed E-state index contributed by atoms with van der Waals surface area (Å²) in [5, 5.41) is 9.18. The number of carbonyl (C=O) groups excluding carboxylic acids is 2. The van der Waals surface area contributed by atoms with Crippen molar-refractivity contribution in [2.45, 2.75) is 56.5 Å². The van der Waals surface area contributed by atoms with Crippen molar-refractivity contribution >= 4 is 17.7 Å². The second-order valence-electron chi connectivity index (χ2n) is 8.46. The first-order chi connectivity index (χ1) is 14.5. The molecule has 3 aliphatic rings. The summed E-state index contributed by atoms with van der Waals surface area (Å²) < 4.78 is 12.1. The zero-order valence-corrected chi connectivity index (χ0v) is 16.5. The SMILES string of the molecule is O=C1C[C@H](c2ccc(C(=O)O)cc2)c2c(ccc3c2OC2(CCCCC2)CC3=O)O1. The Kier molecular flexibility index (Phi) is 4.38. The van der Waals surface area contributed by atoms with Crippen molar-refractivity contribution in [1.29, 1.82) is 0 Å². The Morgan fingerprint density at radius 2 is 1.73 bits per heavy atom. The molecular weight excluding hydrogens is 384 g/mol. The molecule has 1 fully saturated rings. The summed E-state index contributed by atoms with van der Waals surface area (Å²) in [5.41, 5.74) is 1.75. The number of esters is 1. The maximum absolute atomic E-state index is 13.0. The van der Waals surface area contributed by atoms with Gasteiger partial charge in [-0.25, -0.2) is 4.79 Å². The molecule has 6 heteroatoms. The van der Waals surface area contributed by atoms with Gasteiger partial charge in [-0.15, -0.1) is 0 Å². The van der Waals surface area contributed by atoms with E-state index < -0.39 is 11.6 Å². The van der Waals surface area contributed by atoms with Crippen molar-refractivity contribution in [2.24, 2.45) is 0 Å². The first-order valence-corrected chi connectivity index (χ1v) is 10.4. The quantitative estimate of drug-likeness (QED) is 0.584. The second-order valence-corrected chi connectivity index (χ2v) is 8.46. The van der Waals surface area contributed by atoms with Crippen LogP contribution in [0, 0.1) is 0 Å². The molecule has 5 rings (SSSR count). The molecule has 0 aromatic heterocycles. The van der Waals surface area contributed by atoms with Gasteiger partial charge in [-0.05, 0) is 55.5 Å². The van der Waals surface area contributed by atoms with Crippen molar-refractivity contribution in [3.8, 4) is 11.5 Å². The smallest absolute Gasteiger partial charge is 0.335 e. The molecule has 0 radical (unpaired) electrons. The van der Waals surface area contributed by atoms with Gasteiger partial charge in [0.05, 0.1) is 24.0 Å². The van der Waals surface area contributed by atoms with Crippen LogP contribution < -0.4 is 9.47 Å². The van der Waals surface area contributed by atoms with Gasteiger partial charge in [-0.1, -0.05) is 18.6 Å². The number of fused-ring (bicyclic) bond motifs is 3. The number of ether oxygens (including phenoxy) is 2. The monoisotopic (exact) mass is 406 g/mol. The predicted molar refractivity (Wildman–Crippen MR) is 107 cm³/mol. The van der Waals surface area contributed by atoms with E-state index in [1.54, 1.807) is 24.3 Å². The highest BCUT2D eigenvalue weighted by atomic mass is 16.5. The van der Waals surface area contributed by atoms with Crippen LogP contribution in [-0.4, -0.2) is 28.4 Å². The number of rotatable bonds is 2. The first kappa shape index (κ1) is 18.9. The van der Waals surface area contributed by atoms with Gasteiger partial charge in [0.15, 0.2) is 5.78 Å². The maximum Gasteiger partial charge on any atom is 0.335 e. The Hall–Kier alpha value is -3.15. The van der Waals surface area contributed by atoms with Gasteiger partial charge < -0.3 is 14.6 Å². The summed E-state index contributed by atoms with van der Waals surface area (Å²) in [5.74, 6) is -0.702. The van der Waals surface area contributed by atoms with Gasteiger partial charge >= 0.3 is 11.9 Å². The van der Waals surface area contributed by atoms with Crippen LogP contribution >= 0.6 is 0 Å². The van der Waals surface area contributed by atoms with Gasteiger partial charge in [0.1, 0.15) is 17.1 Å². The number of hydrogen-bond donors (Lipinski definition) is 1. The number of hydrogen-bond acceptors (Lipinski definition) is 5. The summed E-state index contributed by atoms with van der Waals surface area (Å²) >= 11 is 0. The van der Waals surface area contributed by atoms with Gasteiger partial charge in [0.2, 0.25) is 0 Å². The Labute approximate surface area is 173 Å². The topological polar surface area (TPSA) is 89.9 Å². The van der Waals surface area contributed by atoms with E-state index in [4.69, 9.17) is 9.47 Å². The van der Waals surface area contributed by atoms with Crippen LogP contribution in [0.4, 0.5) is 0 Å². The number of Topliss-reactive ketones (excluding diaryl/α,β-unsaturated/α-hetero) is 1. The van der Waals surface area contributed by atoms with E-state index in [0.29, 0.717) is 29.0 Å². The van der Waals surface area contributed by atoms with Crippen molar-refractivity contribution in [1.82, 2.24) is 0 Å². The average molecular weight is 406 g/mol. The largest absolute Gasteiger partial charge is 0.486 e. The molecule has 2 aliphatic heterocycles. The number of benzene rings is 2. The van der Waals surface area contributed by atoms with E-state index in [9.17, 15) is 19.5 Å². The van der Waals surface area contributed by atoms with E-state index in [2.05, 4.69) is 0 Å². The lowest BCUT2D eigenvalue weighted by Crippen LogP contribution is -2.44. The number of ketones is 1. The van der Waals surface area contributed by atoms with Crippen LogP contribution in [-0.2, 0) is 4.79 Å². The highest BCUT2D eigenvalue weighted by Gasteiger charge is 2.44. The average Bonchev–Trinajstić information content (AvgIpc) is 2.73. The van der Waals surface area contributed by atoms with E-state index in [0.717, 1.165) is 37.7 Å². The Morgan fingerprint density at radius 1 is 1.00 bits per heavy atom. The molecule has 0 amide bonds. The molecule has 0 bridgehead atoms. The van der Waals surface area contributed by atoms with Crippen molar-refractivity contribution < 1.29 is 29.0 Å². The molecule has 1 N–H and O–H groups in total. The highest BCUT2D eigenvalue weighted by Crippen LogP contribution is 2.51. The van der Waals surface area contributed by atoms with E-state index >= 15 is 0 Å². The molecule has 1 saturated carbocycles. The Bertz CT molecular complexity index is 1050. The van der Waals surface area contributed by atoms with Crippen molar-refractivity contribution in [3.63, 3.8) is 0 Å². The molecule has 2 aromatic carbocycles. The van der Waals surface area contributed by atoms with Crippen molar-refractivity contribution in [2.75, 3.05) is 0 Å². The van der Waals surface area contributed by atoms with Crippen LogP contribution in [0.5, 0.6) is 11.5 Å². The second kappa shape index (κ2) is 6.97. The van der Waals surface area contributed by atoms with Gasteiger partial charge in [-0.3, -0.25) is 9.59 Å². The number of carboxylic acid groups (broad SMARTS) is 1. The van der Waals surface area contributed by atoms with Crippen LogP contribution in [0.2, 0.25) is 0 Å². The minimum Gasteiger partial charge on any atom is -0.486 e. The molecule has 1 spiro atoms. The molecule has 154 valence electrons. The molecule has 0 saturated heterocycles. The molecule has 30 heavy (non-hydrogen) atoms. The molecule has 2 aromatic rings. The van der Waals surface area contributed by atoms with Crippen molar-refractivity contribution in [3.05, 3.63) is 58.7 Å². The fourth-order valence-electron chi connectivity index (χ4n) is 5.02. The highest BCUT2D eigenvalue weighted by molar-refractivity contribution is 6.01. The molecule has 2 heterocycles. The zero-order chi connectivity index (χ0) is 20.9. The van der Waals surface area contributed by atoms with Gasteiger partial charge in [0.25, 0.3) is 0 Å². The third kappa shape index (κ3) is 3.07. The van der Waals surface area contributed by atoms with Gasteiger partial charge in [0, 0.05) is 11.5 Å². The summed E-state index contributed by atoms with van der Waals surface area (Å²) in [4.78, 5) is 36.5. The lowest BCUT2D eigenvalue weighted by atomic mass is 9.76. The van der Waals surface area contributed by atoms with Crippen LogP contribution in [0.1, 0.15) is 82.7 Å². The van der Waals surface area contributed by atoms with Crippen LogP contribution in [0.3, 0.4) is 0 Å². The summed E-state index contributed by atoms with van der Waals surface area (Å²) in [6.07, 6.45) is 5.41. The predicted octanol–water partition coefficient (Wildman–Crippen LogP) is 4.49. The number of aromatic carboxylic acids is 1. The van der Waals surface area contributed by atoms with E-state index in [1.807, 2.05) is 0 Å². The first-order valence-electron chi connectivity index (χ1n) is 10.4. The molecule has 1 atom stereocenters. The maximum atomic E-state index is 13.0. The summed E-state index contributed by atoms with van der Waals surface area (Å²) in [6.45, 7) is 0.